The van der Waals surface area contributed by atoms with Crippen molar-refractivity contribution in [2.45, 2.75) is 10.1 Å². The molecular weight excluding hydrogens is 449 g/mol. The summed E-state index contributed by atoms with van der Waals surface area (Å²) in [5.41, 5.74) is 3.16. The van der Waals surface area contributed by atoms with Crippen LogP contribution in [0, 0.1) is 0 Å². The molecule has 29 heavy (non-hydrogen) atoms. The van der Waals surface area contributed by atoms with Crippen molar-refractivity contribution in [3.8, 4) is 0 Å². The fourth-order valence-corrected chi connectivity index (χ4v) is 5.01. The normalized spacial score (nSPS) is 12.2. The van der Waals surface area contributed by atoms with Gasteiger partial charge in [0.25, 0.3) is 0 Å². The Bertz CT molecular complexity index is 1190. The molecule has 0 saturated carbocycles. The summed E-state index contributed by atoms with van der Waals surface area (Å²) < 4.78 is 0. The van der Waals surface area contributed by atoms with Crippen LogP contribution in [-0.2, 0) is 0 Å². The maximum absolute atomic E-state index is 11.1. The van der Waals surface area contributed by atoms with Crippen molar-refractivity contribution in [1.82, 2.24) is 4.98 Å². The van der Waals surface area contributed by atoms with Crippen LogP contribution in [0.25, 0.3) is 10.9 Å². The van der Waals surface area contributed by atoms with Gasteiger partial charge in [0.15, 0.2) is 0 Å². The van der Waals surface area contributed by atoms with Crippen LogP contribution in [0.3, 0.4) is 0 Å². The van der Waals surface area contributed by atoms with Crippen LogP contribution < -0.4 is 0 Å². The molecule has 2 N–H and O–H groups in total. The lowest BCUT2D eigenvalue weighted by atomic mass is 10.0. The van der Waals surface area contributed by atoms with Crippen molar-refractivity contribution in [3.63, 3.8) is 0 Å². The molecule has 0 fully saturated rings. The van der Waals surface area contributed by atoms with Gasteiger partial charge in [0, 0.05) is 26.5 Å². The largest absolute Gasteiger partial charge is 0.478 e. The number of rotatable bonds is 5. The zero-order chi connectivity index (χ0) is 20.5. The molecule has 1 heterocycles. The zero-order valence-electron chi connectivity index (χ0n) is 14.8. The minimum atomic E-state index is -0.947. The lowest BCUT2D eigenvalue weighted by Gasteiger charge is -2.17. The smallest absolute Gasteiger partial charge is 0.335 e. The molecule has 0 spiro atoms. The van der Waals surface area contributed by atoms with Crippen LogP contribution in [0.2, 0.25) is 15.1 Å². The number of aromatic carboxylic acids is 1. The summed E-state index contributed by atoms with van der Waals surface area (Å²) in [5, 5.41) is 11.8. The molecule has 3 nitrogen and oxygen atoms in total. The van der Waals surface area contributed by atoms with E-state index in [1.807, 2.05) is 48.7 Å². The molecule has 1 atom stereocenters. The third kappa shape index (κ3) is 4.26. The summed E-state index contributed by atoms with van der Waals surface area (Å²) in [5.74, 6) is -0.947. The van der Waals surface area contributed by atoms with Gasteiger partial charge in [-0.3, -0.25) is 0 Å². The Morgan fingerprint density at radius 3 is 2.28 bits per heavy atom. The van der Waals surface area contributed by atoms with Gasteiger partial charge >= 0.3 is 5.97 Å². The highest BCUT2D eigenvalue weighted by atomic mass is 35.5. The van der Waals surface area contributed by atoms with E-state index in [1.165, 1.54) is 0 Å². The zero-order valence-corrected chi connectivity index (χ0v) is 17.9. The molecule has 3 aromatic carbocycles. The molecule has 1 unspecified atom stereocenters. The van der Waals surface area contributed by atoms with Gasteiger partial charge in [-0.15, -0.1) is 11.8 Å². The molecule has 0 aliphatic rings. The average molecular weight is 463 g/mol. The van der Waals surface area contributed by atoms with Gasteiger partial charge in [-0.05, 0) is 59.7 Å². The standard InChI is InChI=1S/C22H14Cl3NO2S/c23-14-5-1-12(2-6-14)21(29-16-7-3-13(4-8-16)22(27)28)18-11-26-20-17(18)9-15(24)10-19(20)25/h1-11,21,26H,(H,27,28). The fourth-order valence-electron chi connectivity index (χ4n) is 3.15. The van der Waals surface area contributed by atoms with Gasteiger partial charge in [-0.2, -0.15) is 0 Å². The second kappa shape index (κ2) is 8.33. The molecular formula is C22H14Cl3NO2S. The monoisotopic (exact) mass is 461 g/mol. The molecule has 4 rings (SSSR count). The molecule has 4 aromatic rings. The summed E-state index contributed by atoms with van der Waals surface area (Å²) in [4.78, 5) is 15.3. The van der Waals surface area contributed by atoms with E-state index in [1.54, 1.807) is 30.0 Å². The summed E-state index contributed by atoms with van der Waals surface area (Å²) >= 11 is 20.3. The van der Waals surface area contributed by atoms with Crippen LogP contribution in [-0.4, -0.2) is 16.1 Å². The van der Waals surface area contributed by atoms with Crippen molar-refractivity contribution < 1.29 is 9.90 Å². The average Bonchev–Trinajstić information content (AvgIpc) is 3.11. The number of halogens is 3. The lowest BCUT2D eigenvalue weighted by molar-refractivity contribution is 0.0697. The molecule has 7 heteroatoms. The van der Waals surface area contributed by atoms with Crippen molar-refractivity contribution >= 4 is 63.4 Å². The van der Waals surface area contributed by atoms with E-state index in [-0.39, 0.29) is 10.8 Å². The first kappa shape index (κ1) is 20.2. The van der Waals surface area contributed by atoms with Crippen LogP contribution in [0.15, 0.2) is 71.8 Å². The molecule has 0 bridgehead atoms. The van der Waals surface area contributed by atoms with Gasteiger partial charge in [0.1, 0.15) is 0 Å². The highest BCUT2D eigenvalue weighted by molar-refractivity contribution is 7.99. The minimum Gasteiger partial charge on any atom is -0.478 e. The number of carbonyl (C=O) groups is 1. The van der Waals surface area contributed by atoms with Gasteiger partial charge in [0.05, 0.1) is 21.4 Å². The lowest BCUT2D eigenvalue weighted by Crippen LogP contribution is -1.98. The van der Waals surface area contributed by atoms with E-state index in [9.17, 15) is 4.79 Å². The summed E-state index contributed by atoms with van der Waals surface area (Å²) in [6, 6.07) is 18.1. The molecule has 0 amide bonds. The highest BCUT2D eigenvalue weighted by Gasteiger charge is 2.21. The topological polar surface area (TPSA) is 53.1 Å². The predicted octanol–water partition coefficient (Wildman–Crippen LogP) is 7.71. The van der Waals surface area contributed by atoms with Crippen LogP contribution in [0.5, 0.6) is 0 Å². The number of H-pyrrole nitrogens is 1. The van der Waals surface area contributed by atoms with E-state index < -0.39 is 5.97 Å². The second-order valence-electron chi connectivity index (χ2n) is 6.43. The van der Waals surface area contributed by atoms with Gasteiger partial charge < -0.3 is 10.1 Å². The molecule has 0 aliphatic heterocycles. The van der Waals surface area contributed by atoms with E-state index >= 15 is 0 Å². The maximum Gasteiger partial charge on any atom is 0.335 e. The van der Waals surface area contributed by atoms with E-state index in [4.69, 9.17) is 39.9 Å². The van der Waals surface area contributed by atoms with Crippen molar-refractivity contribution in [2.75, 3.05) is 0 Å². The van der Waals surface area contributed by atoms with Gasteiger partial charge in [-0.1, -0.05) is 46.9 Å². The third-order valence-corrected chi connectivity index (χ3v) is 6.62. The van der Waals surface area contributed by atoms with E-state index in [0.29, 0.717) is 15.1 Å². The summed E-state index contributed by atoms with van der Waals surface area (Å²) in [7, 11) is 0. The minimum absolute atomic E-state index is 0.0776. The first-order valence-electron chi connectivity index (χ1n) is 8.64. The number of nitrogens with one attached hydrogen (secondary N) is 1. The first-order chi connectivity index (χ1) is 13.9. The quantitative estimate of drug-likeness (QED) is 0.299. The third-order valence-electron chi connectivity index (χ3n) is 4.55. The van der Waals surface area contributed by atoms with Crippen LogP contribution in [0.4, 0.5) is 0 Å². The number of carboxylic acid groups (broad SMARTS) is 1. The molecule has 1 aromatic heterocycles. The number of aromatic nitrogens is 1. The van der Waals surface area contributed by atoms with Crippen LogP contribution in [0.1, 0.15) is 26.7 Å². The number of benzene rings is 3. The number of fused-ring (bicyclic) bond motifs is 1. The first-order valence-corrected chi connectivity index (χ1v) is 10.7. The van der Waals surface area contributed by atoms with Gasteiger partial charge in [0.2, 0.25) is 0 Å². The van der Waals surface area contributed by atoms with E-state index in [2.05, 4.69) is 4.98 Å². The van der Waals surface area contributed by atoms with Crippen molar-refractivity contribution in [3.05, 3.63) is 98.6 Å². The fraction of sp³-hybridized carbons (Fsp3) is 0.0455. The number of carboxylic acids is 1. The Labute approximate surface area is 186 Å². The number of aromatic amines is 1. The van der Waals surface area contributed by atoms with E-state index in [0.717, 1.165) is 26.9 Å². The number of hydrogen-bond donors (Lipinski definition) is 2. The second-order valence-corrected chi connectivity index (χ2v) is 8.89. The predicted molar refractivity (Wildman–Crippen MR) is 121 cm³/mol. The molecule has 0 radical (unpaired) electrons. The summed E-state index contributed by atoms with van der Waals surface area (Å²) in [6.07, 6.45) is 1.94. The highest BCUT2D eigenvalue weighted by Crippen LogP contribution is 2.44. The SMILES string of the molecule is O=C(O)c1ccc(SC(c2ccc(Cl)cc2)c2c[nH]c3c(Cl)cc(Cl)cc23)cc1. The summed E-state index contributed by atoms with van der Waals surface area (Å²) in [6.45, 7) is 0. The molecule has 0 saturated heterocycles. The Morgan fingerprint density at radius 1 is 0.931 bits per heavy atom. The Balaban J connectivity index is 1.81. The Morgan fingerprint density at radius 2 is 1.62 bits per heavy atom. The Hall–Kier alpha value is -2.11. The number of hydrogen-bond acceptors (Lipinski definition) is 2. The molecule has 0 aliphatic carbocycles. The van der Waals surface area contributed by atoms with Gasteiger partial charge in [-0.25, -0.2) is 4.79 Å². The van der Waals surface area contributed by atoms with Crippen molar-refractivity contribution in [2.24, 2.45) is 0 Å². The number of thioether (sulfide) groups is 1. The van der Waals surface area contributed by atoms with Crippen molar-refractivity contribution in [1.29, 1.82) is 0 Å². The Kier molecular flexibility index (Phi) is 5.79. The molecule has 146 valence electrons. The van der Waals surface area contributed by atoms with Crippen LogP contribution >= 0.6 is 46.6 Å². The maximum atomic E-state index is 11.1.